The van der Waals surface area contributed by atoms with Gasteiger partial charge in [0.2, 0.25) is 0 Å². The van der Waals surface area contributed by atoms with Gasteiger partial charge in [0, 0.05) is 0 Å². The first kappa shape index (κ1) is 14.8. The van der Waals surface area contributed by atoms with Crippen LogP contribution in [0.25, 0.3) is 0 Å². The molecule has 1 aromatic carbocycles. The summed E-state index contributed by atoms with van der Waals surface area (Å²) in [6.07, 6.45) is 6.08. The summed E-state index contributed by atoms with van der Waals surface area (Å²) in [7, 11) is 1.67. The van der Waals surface area contributed by atoms with Gasteiger partial charge in [-0.25, -0.2) is 0 Å². The molecule has 3 heteroatoms. The number of halogens is 2. The summed E-state index contributed by atoms with van der Waals surface area (Å²) in [5.74, 6) is 0.851. The molecule has 1 nitrogen and oxygen atoms in total. The molecule has 0 amide bonds. The van der Waals surface area contributed by atoms with Crippen LogP contribution < -0.4 is 4.74 Å². The van der Waals surface area contributed by atoms with E-state index in [9.17, 15) is 0 Å². The molecule has 96 valence electrons. The second kappa shape index (κ2) is 7.99. The molecule has 0 fully saturated rings. The van der Waals surface area contributed by atoms with Crippen LogP contribution in [-0.4, -0.2) is 7.11 Å². The maximum absolute atomic E-state index is 6.39. The van der Waals surface area contributed by atoms with Gasteiger partial charge in [0.15, 0.2) is 0 Å². The molecular weight excluding hydrogens is 300 g/mol. The van der Waals surface area contributed by atoms with Gasteiger partial charge in [0.1, 0.15) is 5.75 Å². The van der Waals surface area contributed by atoms with Gasteiger partial charge in [0.05, 0.1) is 17.0 Å². The fraction of sp³-hybridized carbons (Fsp3) is 0.571. The van der Waals surface area contributed by atoms with Crippen LogP contribution in [0.3, 0.4) is 0 Å². The molecule has 0 aromatic heterocycles. The Morgan fingerprint density at radius 3 is 2.65 bits per heavy atom. The van der Waals surface area contributed by atoms with Gasteiger partial charge >= 0.3 is 0 Å². The maximum Gasteiger partial charge on any atom is 0.133 e. The normalized spacial score (nSPS) is 12.5. The van der Waals surface area contributed by atoms with Crippen molar-refractivity contribution in [3.63, 3.8) is 0 Å². The summed E-state index contributed by atoms with van der Waals surface area (Å²) in [5, 5.41) is 0.106. The Labute approximate surface area is 118 Å². The maximum atomic E-state index is 6.39. The van der Waals surface area contributed by atoms with E-state index in [1.807, 2.05) is 12.1 Å². The van der Waals surface area contributed by atoms with Crippen LogP contribution in [0.1, 0.15) is 50.0 Å². The Balaban J connectivity index is 2.51. The number of methoxy groups -OCH3 is 1. The second-order valence-corrected chi connectivity index (χ2v) is 5.59. The zero-order valence-electron chi connectivity index (χ0n) is 10.5. The van der Waals surface area contributed by atoms with Crippen molar-refractivity contribution in [1.82, 2.24) is 0 Å². The molecule has 1 rings (SSSR count). The number of alkyl halides is 1. The van der Waals surface area contributed by atoms with E-state index < -0.39 is 0 Å². The third-order valence-corrected chi connectivity index (χ3v) is 3.94. The fourth-order valence-electron chi connectivity index (χ4n) is 1.79. The van der Waals surface area contributed by atoms with Crippen molar-refractivity contribution in [2.24, 2.45) is 0 Å². The fourth-order valence-corrected chi connectivity index (χ4v) is 2.64. The molecule has 1 unspecified atom stereocenters. The zero-order valence-corrected chi connectivity index (χ0v) is 12.9. The van der Waals surface area contributed by atoms with E-state index in [4.69, 9.17) is 16.3 Å². The highest BCUT2D eigenvalue weighted by Gasteiger charge is 2.09. The summed E-state index contributed by atoms with van der Waals surface area (Å²) in [4.78, 5) is 0. The first-order valence-corrected chi connectivity index (χ1v) is 7.39. The minimum atomic E-state index is 0.106. The minimum absolute atomic E-state index is 0.106. The Kier molecular flexibility index (Phi) is 6.98. The largest absolute Gasteiger partial charge is 0.496 e. The molecule has 0 aliphatic heterocycles. The number of ether oxygens (including phenoxy) is 1. The van der Waals surface area contributed by atoms with Crippen LogP contribution >= 0.6 is 27.5 Å². The smallest absolute Gasteiger partial charge is 0.133 e. The highest BCUT2D eigenvalue weighted by atomic mass is 79.9. The average Bonchev–Trinajstić information content (AvgIpc) is 2.34. The quantitative estimate of drug-likeness (QED) is 0.462. The van der Waals surface area contributed by atoms with E-state index >= 15 is 0 Å². The van der Waals surface area contributed by atoms with Gasteiger partial charge in [-0.1, -0.05) is 38.7 Å². The molecule has 0 saturated heterocycles. The summed E-state index contributed by atoms with van der Waals surface area (Å²) < 4.78 is 6.17. The monoisotopic (exact) mass is 318 g/mol. The van der Waals surface area contributed by atoms with Crippen LogP contribution in [-0.2, 0) is 0 Å². The molecule has 17 heavy (non-hydrogen) atoms. The van der Waals surface area contributed by atoms with E-state index in [0.717, 1.165) is 22.2 Å². The van der Waals surface area contributed by atoms with Crippen molar-refractivity contribution in [1.29, 1.82) is 0 Å². The first-order valence-electron chi connectivity index (χ1n) is 6.16. The molecule has 0 aliphatic carbocycles. The van der Waals surface area contributed by atoms with Gasteiger partial charge in [-0.2, -0.15) is 0 Å². The number of hydrogen-bond donors (Lipinski definition) is 0. The van der Waals surface area contributed by atoms with E-state index in [-0.39, 0.29) is 5.38 Å². The highest BCUT2D eigenvalue weighted by Crippen LogP contribution is 2.32. The molecule has 0 bridgehead atoms. The third kappa shape index (κ3) is 4.89. The van der Waals surface area contributed by atoms with Gasteiger partial charge in [-0.05, 0) is 40.0 Å². The number of unbranched alkanes of at least 4 members (excludes halogenated alkanes) is 3. The van der Waals surface area contributed by atoms with Crippen molar-refractivity contribution < 1.29 is 4.74 Å². The topological polar surface area (TPSA) is 9.23 Å². The molecule has 0 aliphatic rings. The Bertz CT molecular complexity index is 341. The van der Waals surface area contributed by atoms with Crippen LogP contribution in [0.4, 0.5) is 0 Å². The zero-order chi connectivity index (χ0) is 12.7. The van der Waals surface area contributed by atoms with Crippen LogP contribution in [0.15, 0.2) is 22.7 Å². The summed E-state index contributed by atoms with van der Waals surface area (Å²) >= 11 is 9.88. The van der Waals surface area contributed by atoms with E-state index in [0.29, 0.717) is 0 Å². The number of hydrogen-bond acceptors (Lipinski definition) is 1. The Morgan fingerprint density at radius 1 is 1.29 bits per heavy atom. The van der Waals surface area contributed by atoms with Crippen molar-refractivity contribution in [2.75, 3.05) is 7.11 Å². The van der Waals surface area contributed by atoms with Crippen molar-refractivity contribution in [2.45, 2.75) is 44.4 Å². The molecule has 1 aromatic rings. The minimum Gasteiger partial charge on any atom is -0.496 e. The van der Waals surface area contributed by atoms with Gasteiger partial charge in [0.25, 0.3) is 0 Å². The number of rotatable bonds is 7. The van der Waals surface area contributed by atoms with Gasteiger partial charge < -0.3 is 4.74 Å². The lowest BCUT2D eigenvalue weighted by Gasteiger charge is -2.11. The van der Waals surface area contributed by atoms with Gasteiger partial charge in [-0.3, -0.25) is 0 Å². The Hall–Kier alpha value is -0.210. The van der Waals surface area contributed by atoms with Crippen LogP contribution in [0.5, 0.6) is 5.75 Å². The lowest BCUT2D eigenvalue weighted by atomic mass is 10.0. The highest BCUT2D eigenvalue weighted by molar-refractivity contribution is 9.10. The Morgan fingerprint density at radius 2 is 2.06 bits per heavy atom. The SMILES string of the molecule is CCCCCCC(Cl)c1ccc(OC)c(Br)c1. The standard InChI is InChI=1S/C14H20BrClO/c1-3-4-5-6-7-13(16)11-8-9-14(17-2)12(15)10-11/h8-10,13H,3-7H2,1-2H3. The number of benzene rings is 1. The predicted molar refractivity (Wildman–Crippen MR) is 78.0 cm³/mol. The van der Waals surface area contributed by atoms with E-state index in [1.54, 1.807) is 7.11 Å². The van der Waals surface area contributed by atoms with Crippen molar-refractivity contribution in [3.05, 3.63) is 28.2 Å². The van der Waals surface area contributed by atoms with Crippen molar-refractivity contribution in [3.8, 4) is 5.75 Å². The molecular formula is C14H20BrClO. The predicted octanol–water partition coefficient (Wildman–Crippen LogP) is 5.71. The van der Waals surface area contributed by atoms with E-state index in [1.165, 1.54) is 25.7 Å². The molecule has 0 heterocycles. The van der Waals surface area contributed by atoms with Gasteiger partial charge in [-0.15, -0.1) is 11.6 Å². The van der Waals surface area contributed by atoms with Crippen molar-refractivity contribution >= 4 is 27.5 Å². The lowest BCUT2D eigenvalue weighted by molar-refractivity contribution is 0.412. The molecule has 0 N–H and O–H groups in total. The van der Waals surface area contributed by atoms with Crippen LogP contribution in [0.2, 0.25) is 0 Å². The summed E-state index contributed by atoms with van der Waals surface area (Å²) in [5.41, 5.74) is 1.16. The molecule has 0 spiro atoms. The lowest BCUT2D eigenvalue weighted by Crippen LogP contribution is -1.93. The van der Waals surface area contributed by atoms with E-state index in [2.05, 4.69) is 28.9 Å². The summed E-state index contributed by atoms with van der Waals surface area (Å²) in [6.45, 7) is 2.22. The molecule has 1 atom stereocenters. The molecule has 0 saturated carbocycles. The van der Waals surface area contributed by atoms with Crippen LogP contribution in [0, 0.1) is 0 Å². The average molecular weight is 320 g/mol. The summed E-state index contributed by atoms with van der Waals surface area (Å²) in [6, 6.07) is 6.05. The second-order valence-electron chi connectivity index (χ2n) is 4.21. The molecule has 0 radical (unpaired) electrons. The first-order chi connectivity index (χ1) is 8.19. The third-order valence-electron chi connectivity index (χ3n) is 2.85.